The fourth-order valence-electron chi connectivity index (χ4n) is 1.72. The molecule has 2 aromatic heterocycles. The third kappa shape index (κ3) is 2.70. The number of amides is 1. The van der Waals surface area contributed by atoms with Gasteiger partial charge in [-0.3, -0.25) is 4.79 Å². The van der Waals surface area contributed by atoms with Crippen molar-refractivity contribution >= 4 is 33.2 Å². The zero-order chi connectivity index (χ0) is 13.2. The topological polar surface area (TPSA) is 71.8 Å². The Hall–Kier alpha value is -1.25. The van der Waals surface area contributed by atoms with E-state index in [-0.39, 0.29) is 5.91 Å². The van der Waals surface area contributed by atoms with Crippen molar-refractivity contribution in [1.29, 1.82) is 0 Å². The minimum atomic E-state index is -0.196. The molecule has 0 spiro atoms. The third-order valence-electron chi connectivity index (χ3n) is 2.98. The van der Waals surface area contributed by atoms with Crippen LogP contribution in [0.1, 0.15) is 21.4 Å². The van der Waals surface area contributed by atoms with Crippen LogP contribution in [0.4, 0.5) is 0 Å². The van der Waals surface area contributed by atoms with Gasteiger partial charge in [0.1, 0.15) is 0 Å². The molecule has 2 aromatic rings. The maximum Gasteiger partial charge on any atom is 0.273 e. The monoisotopic (exact) mass is 341 g/mol. The third-order valence-corrected chi connectivity index (χ3v) is 4.90. The van der Waals surface area contributed by atoms with Crippen molar-refractivity contribution in [3.8, 4) is 0 Å². The number of hydrogen-bond donors (Lipinski definition) is 2. The highest BCUT2D eigenvalue weighted by Crippen LogP contribution is 2.22. The molecular weight excluding hydrogens is 330 g/mol. The molecule has 0 unspecified atom stereocenters. The Balaban J connectivity index is 1.60. The second-order valence-corrected chi connectivity index (χ2v) is 6.13. The Morgan fingerprint density at radius 2 is 2.47 bits per heavy atom. The molecule has 0 aromatic carbocycles. The standard InChI is InChI=1S/C11H12BrN5OS/c12-8-1-2-19-10(8)5-14-11(18)9-6-17(16-15-9)7-3-13-4-7/h1-2,6-7,13H,3-5H2,(H,14,18). The number of nitrogens with one attached hydrogen (secondary N) is 2. The summed E-state index contributed by atoms with van der Waals surface area (Å²) in [6, 6.07) is 2.28. The van der Waals surface area contributed by atoms with Gasteiger partial charge in [0, 0.05) is 22.4 Å². The molecule has 0 saturated carbocycles. The van der Waals surface area contributed by atoms with Crippen LogP contribution in [0.5, 0.6) is 0 Å². The molecule has 0 radical (unpaired) electrons. The molecule has 8 heteroatoms. The number of halogens is 1. The van der Waals surface area contributed by atoms with Crippen LogP contribution in [0, 0.1) is 0 Å². The number of rotatable bonds is 4. The normalized spacial score (nSPS) is 15.2. The average molecular weight is 342 g/mol. The van der Waals surface area contributed by atoms with Crippen LogP contribution in [0.15, 0.2) is 22.1 Å². The molecule has 0 atom stereocenters. The Bertz CT molecular complexity index is 591. The molecule has 1 aliphatic heterocycles. The lowest BCUT2D eigenvalue weighted by Crippen LogP contribution is -2.43. The Kier molecular flexibility index (Phi) is 3.63. The Morgan fingerprint density at radius 1 is 1.63 bits per heavy atom. The largest absolute Gasteiger partial charge is 0.346 e. The summed E-state index contributed by atoms with van der Waals surface area (Å²) in [5, 5.41) is 15.9. The molecule has 2 N–H and O–H groups in total. The smallest absolute Gasteiger partial charge is 0.273 e. The predicted molar refractivity (Wildman–Crippen MR) is 75.1 cm³/mol. The summed E-state index contributed by atoms with van der Waals surface area (Å²) in [7, 11) is 0. The van der Waals surface area contributed by atoms with E-state index in [4.69, 9.17) is 0 Å². The van der Waals surface area contributed by atoms with Crippen LogP contribution >= 0.6 is 27.3 Å². The van der Waals surface area contributed by atoms with Gasteiger partial charge in [-0.05, 0) is 27.4 Å². The first-order valence-corrected chi connectivity index (χ1v) is 7.54. The van der Waals surface area contributed by atoms with Crippen molar-refractivity contribution in [2.24, 2.45) is 0 Å². The van der Waals surface area contributed by atoms with Gasteiger partial charge in [0.15, 0.2) is 5.69 Å². The zero-order valence-electron chi connectivity index (χ0n) is 9.97. The molecule has 1 aliphatic rings. The molecule has 3 heterocycles. The van der Waals surface area contributed by atoms with Crippen molar-refractivity contribution in [3.05, 3.63) is 32.7 Å². The van der Waals surface area contributed by atoms with Crippen LogP contribution in [0.3, 0.4) is 0 Å². The van der Waals surface area contributed by atoms with Crippen LogP contribution in [-0.2, 0) is 6.54 Å². The van der Waals surface area contributed by atoms with E-state index in [1.165, 1.54) is 0 Å². The van der Waals surface area contributed by atoms with Gasteiger partial charge in [-0.15, -0.1) is 16.4 Å². The SMILES string of the molecule is O=C(NCc1sccc1Br)c1cn(C2CNC2)nn1. The van der Waals surface area contributed by atoms with E-state index in [0.29, 0.717) is 18.3 Å². The van der Waals surface area contributed by atoms with Crippen molar-refractivity contribution in [3.63, 3.8) is 0 Å². The van der Waals surface area contributed by atoms with Gasteiger partial charge in [-0.2, -0.15) is 0 Å². The van der Waals surface area contributed by atoms with Crippen molar-refractivity contribution in [2.75, 3.05) is 13.1 Å². The summed E-state index contributed by atoms with van der Waals surface area (Å²) in [5.74, 6) is -0.196. The number of aromatic nitrogens is 3. The maximum absolute atomic E-state index is 11.9. The first-order chi connectivity index (χ1) is 9.24. The van der Waals surface area contributed by atoms with Crippen molar-refractivity contribution < 1.29 is 4.79 Å². The van der Waals surface area contributed by atoms with E-state index in [1.807, 2.05) is 11.4 Å². The fourth-order valence-corrected chi connectivity index (χ4v) is 3.15. The lowest BCUT2D eigenvalue weighted by atomic mass is 10.2. The highest BCUT2D eigenvalue weighted by atomic mass is 79.9. The summed E-state index contributed by atoms with van der Waals surface area (Å²) in [6.45, 7) is 2.26. The molecule has 19 heavy (non-hydrogen) atoms. The van der Waals surface area contributed by atoms with Gasteiger partial charge in [0.05, 0.1) is 18.8 Å². The fraction of sp³-hybridized carbons (Fsp3) is 0.364. The quantitative estimate of drug-likeness (QED) is 0.875. The lowest BCUT2D eigenvalue weighted by Gasteiger charge is -2.26. The first-order valence-electron chi connectivity index (χ1n) is 5.86. The van der Waals surface area contributed by atoms with E-state index in [2.05, 4.69) is 36.9 Å². The van der Waals surface area contributed by atoms with Crippen molar-refractivity contribution in [2.45, 2.75) is 12.6 Å². The summed E-state index contributed by atoms with van der Waals surface area (Å²) in [4.78, 5) is 13.0. The lowest BCUT2D eigenvalue weighted by molar-refractivity contribution is 0.0946. The summed E-state index contributed by atoms with van der Waals surface area (Å²) in [5.41, 5.74) is 0.361. The predicted octanol–water partition coefficient (Wildman–Crippen LogP) is 1.18. The van der Waals surface area contributed by atoms with Gasteiger partial charge >= 0.3 is 0 Å². The number of carbonyl (C=O) groups is 1. The highest BCUT2D eigenvalue weighted by Gasteiger charge is 2.21. The van der Waals surface area contributed by atoms with Gasteiger partial charge < -0.3 is 10.6 Å². The van der Waals surface area contributed by atoms with Crippen LogP contribution in [-0.4, -0.2) is 34.0 Å². The molecule has 100 valence electrons. The van der Waals surface area contributed by atoms with Gasteiger partial charge in [-0.25, -0.2) is 4.68 Å². The minimum Gasteiger partial charge on any atom is -0.346 e. The van der Waals surface area contributed by atoms with Crippen LogP contribution in [0.2, 0.25) is 0 Å². The second kappa shape index (κ2) is 5.40. The number of hydrogen-bond acceptors (Lipinski definition) is 5. The number of nitrogens with zero attached hydrogens (tertiary/aromatic N) is 3. The second-order valence-electron chi connectivity index (χ2n) is 4.27. The molecule has 1 amide bonds. The van der Waals surface area contributed by atoms with Gasteiger partial charge in [-0.1, -0.05) is 5.21 Å². The molecule has 1 fully saturated rings. The molecule has 0 aliphatic carbocycles. The van der Waals surface area contributed by atoms with Gasteiger partial charge in [0.25, 0.3) is 5.91 Å². The minimum absolute atomic E-state index is 0.196. The molecular formula is C11H12BrN5OS. The van der Waals surface area contributed by atoms with E-state index < -0.39 is 0 Å². The van der Waals surface area contributed by atoms with Crippen LogP contribution < -0.4 is 10.6 Å². The molecule has 6 nitrogen and oxygen atoms in total. The van der Waals surface area contributed by atoms with Gasteiger partial charge in [0.2, 0.25) is 0 Å². The van der Waals surface area contributed by atoms with E-state index in [9.17, 15) is 4.79 Å². The summed E-state index contributed by atoms with van der Waals surface area (Å²) in [6.07, 6.45) is 1.70. The number of thiophene rings is 1. The highest BCUT2D eigenvalue weighted by molar-refractivity contribution is 9.10. The maximum atomic E-state index is 11.9. The molecule has 3 rings (SSSR count). The summed E-state index contributed by atoms with van der Waals surface area (Å²) >= 11 is 5.03. The van der Waals surface area contributed by atoms with Crippen LogP contribution in [0.25, 0.3) is 0 Å². The van der Waals surface area contributed by atoms with E-state index in [0.717, 1.165) is 22.4 Å². The number of carbonyl (C=O) groups excluding carboxylic acids is 1. The zero-order valence-corrected chi connectivity index (χ0v) is 12.4. The average Bonchev–Trinajstić information content (AvgIpc) is 2.94. The Labute approximate surface area is 122 Å². The molecule has 1 saturated heterocycles. The Morgan fingerprint density at radius 3 is 3.11 bits per heavy atom. The van der Waals surface area contributed by atoms with E-state index in [1.54, 1.807) is 22.2 Å². The first kappa shape index (κ1) is 12.8. The summed E-state index contributed by atoms with van der Waals surface area (Å²) < 4.78 is 2.76. The molecule has 0 bridgehead atoms. The van der Waals surface area contributed by atoms with Crippen molar-refractivity contribution in [1.82, 2.24) is 25.6 Å². The van der Waals surface area contributed by atoms with E-state index >= 15 is 0 Å².